The normalized spacial score (nSPS) is 15.2. The summed E-state index contributed by atoms with van der Waals surface area (Å²) in [5, 5.41) is 13.0. The minimum atomic E-state index is -0.693. The van der Waals surface area contributed by atoms with Crippen molar-refractivity contribution in [2.24, 2.45) is 4.99 Å². The van der Waals surface area contributed by atoms with Crippen LogP contribution in [0.3, 0.4) is 0 Å². The predicted octanol–water partition coefficient (Wildman–Crippen LogP) is 5.11. The van der Waals surface area contributed by atoms with Gasteiger partial charge in [0.25, 0.3) is 11.5 Å². The number of anilines is 1. The summed E-state index contributed by atoms with van der Waals surface area (Å²) in [5.41, 5.74) is 2.75. The van der Waals surface area contributed by atoms with Crippen LogP contribution in [0.4, 0.5) is 5.69 Å². The molecule has 4 aromatic rings. The Morgan fingerprint density at radius 2 is 1.76 bits per heavy atom. The highest BCUT2D eigenvalue weighted by atomic mass is 79.9. The Balaban J connectivity index is 1.68. The van der Waals surface area contributed by atoms with E-state index in [0.717, 1.165) is 5.56 Å². The molecule has 2 N–H and O–H groups in total. The summed E-state index contributed by atoms with van der Waals surface area (Å²) in [6.07, 6.45) is 1.74. The van der Waals surface area contributed by atoms with Gasteiger partial charge in [0.1, 0.15) is 11.5 Å². The van der Waals surface area contributed by atoms with E-state index in [1.807, 2.05) is 30.3 Å². The molecule has 1 amide bonds. The van der Waals surface area contributed by atoms with Crippen LogP contribution in [0.2, 0.25) is 0 Å². The Hall–Kier alpha value is -3.47. The van der Waals surface area contributed by atoms with Gasteiger partial charge in [0.15, 0.2) is 4.80 Å². The molecule has 3 aromatic carbocycles. The number of methoxy groups -OCH3 is 1. The first-order chi connectivity index (χ1) is 18.3. The fraction of sp³-hybridized carbons (Fsp3) is 0.107. The summed E-state index contributed by atoms with van der Waals surface area (Å²) in [5.74, 6) is 0.410. The molecule has 0 saturated heterocycles. The smallest absolute Gasteiger partial charge is 0.271 e. The van der Waals surface area contributed by atoms with E-state index in [0.29, 0.717) is 46.5 Å². The van der Waals surface area contributed by atoms with Crippen LogP contribution >= 0.6 is 43.2 Å². The molecule has 0 bridgehead atoms. The van der Waals surface area contributed by atoms with E-state index < -0.39 is 6.04 Å². The summed E-state index contributed by atoms with van der Waals surface area (Å²) in [6.45, 7) is 1.78. The zero-order valence-electron chi connectivity index (χ0n) is 20.2. The van der Waals surface area contributed by atoms with Crippen molar-refractivity contribution >= 4 is 60.9 Å². The van der Waals surface area contributed by atoms with Gasteiger partial charge in [-0.15, -0.1) is 0 Å². The van der Waals surface area contributed by atoms with Crippen LogP contribution in [0.25, 0.3) is 6.08 Å². The molecule has 0 saturated carbocycles. The third-order valence-corrected chi connectivity index (χ3v) is 8.26. The lowest BCUT2D eigenvalue weighted by atomic mass is 9.95. The van der Waals surface area contributed by atoms with Crippen molar-refractivity contribution in [1.82, 2.24) is 4.57 Å². The summed E-state index contributed by atoms with van der Waals surface area (Å²) in [7, 11) is 1.58. The van der Waals surface area contributed by atoms with Gasteiger partial charge in [0.05, 0.1) is 37.9 Å². The van der Waals surface area contributed by atoms with E-state index >= 15 is 0 Å². The van der Waals surface area contributed by atoms with Crippen molar-refractivity contribution < 1.29 is 14.6 Å². The number of halogens is 2. The molecule has 1 aliphatic rings. The van der Waals surface area contributed by atoms with Crippen molar-refractivity contribution in [3.05, 3.63) is 118 Å². The highest BCUT2D eigenvalue weighted by Gasteiger charge is 2.32. The number of phenolic OH excluding ortho intramolecular Hbond substituents is 1. The maximum absolute atomic E-state index is 13.8. The number of aromatic hydroxyl groups is 1. The molecule has 192 valence electrons. The molecule has 1 atom stereocenters. The number of phenols is 1. The number of rotatable bonds is 5. The maximum Gasteiger partial charge on any atom is 0.271 e. The first-order valence-corrected chi connectivity index (χ1v) is 13.9. The number of carbonyl (C=O) groups is 1. The number of fused-ring (bicyclic) bond motifs is 1. The Labute approximate surface area is 238 Å². The van der Waals surface area contributed by atoms with Gasteiger partial charge in [-0.05, 0) is 92.4 Å². The lowest BCUT2D eigenvalue weighted by Gasteiger charge is -2.25. The fourth-order valence-corrected chi connectivity index (χ4v) is 6.52. The number of amides is 1. The molecule has 0 radical (unpaired) electrons. The van der Waals surface area contributed by atoms with E-state index in [4.69, 9.17) is 4.74 Å². The van der Waals surface area contributed by atoms with Gasteiger partial charge in [-0.3, -0.25) is 14.2 Å². The third kappa shape index (κ3) is 4.99. The number of para-hydroxylation sites is 1. The quantitative estimate of drug-likeness (QED) is 0.313. The summed E-state index contributed by atoms with van der Waals surface area (Å²) in [4.78, 5) is 32.6. The molecule has 0 spiro atoms. The number of thiazole rings is 1. The molecule has 38 heavy (non-hydrogen) atoms. The highest BCUT2D eigenvalue weighted by molar-refractivity contribution is 9.11. The number of hydrogen-bond donors (Lipinski definition) is 2. The molecule has 7 nitrogen and oxygen atoms in total. The van der Waals surface area contributed by atoms with E-state index in [9.17, 15) is 14.7 Å². The number of nitrogens with one attached hydrogen (secondary N) is 1. The molecule has 2 heterocycles. The van der Waals surface area contributed by atoms with Gasteiger partial charge in [0, 0.05) is 5.69 Å². The van der Waals surface area contributed by atoms with Gasteiger partial charge in [-0.1, -0.05) is 41.7 Å². The van der Waals surface area contributed by atoms with Crippen LogP contribution in [0.5, 0.6) is 11.5 Å². The van der Waals surface area contributed by atoms with Crippen LogP contribution in [-0.4, -0.2) is 22.7 Å². The number of ether oxygens (including phenoxy) is 1. The van der Waals surface area contributed by atoms with Gasteiger partial charge < -0.3 is 15.2 Å². The Bertz CT molecular complexity index is 1740. The lowest BCUT2D eigenvalue weighted by molar-refractivity contribution is -0.113. The molecular weight excluding hydrogens is 634 g/mol. The van der Waals surface area contributed by atoms with Gasteiger partial charge >= 0.3 is 0 Å². The maximum atomic E-state index is 13.8. The van der Waals surface area contributed by atoms with Crippen molar-refractivity contribution in [2.75, 3.05) is 12.4 Å². The number of hydrogen-bond acceptors (Lipinski definition) is 6. The molecular formula is C28H21Br2N3O4S. The van der Waals surface area contributed by atoms with Gasteiger partial charge in [-0.2, -0.15) is 0 Å². The molecule has 0 aliphatic carbocycles. The van der Waals surface area contributed by atoms with Crippen molar-refractivity contribution in [3.8, 4) is 11.5 Å². The number of nitrogens with zero attached hydrogens (tertiary/aromatic N) is 2. The summed E-state index contributed by atoms with van der Waals surface area (Å²) in [6, 6.07) is 19.2. The molecule has 0 fully saturated rings. The van der Waals surface area contributed by atoms with Crippen LogP contribution in [0.15, 0.2) is 96.7 Å². The monoisotopic (exact) mass is 653 g/mol. The summed E-state index contributed by atoms with van der Waals surface area (Å²) >= 11 is 7.92. The molecule has 5 rings (SSSR count). The number of carbonyl (C=O) groups excluding carboxylic acids is 1. The molecule has 10 heteroatoms. The Kier molecular flexibility index (Phi) is 7.38. The minimum Gasteiger partial charge on any atom is -0.506 e. The topological polar surface area (TPSA) is 92.9 Å². The first-order valence-electron chi connectivity index (χ1n) is 11.5. The van der Waals surface area contributed by atoms with Crippen LogP contribution in [0.1, 0.15) is 24.1 Å². The molecule has 1 aliphatic heterocycles. The van der Waals surface area contributed by atoms with Crippen molar-refractivity contribution in [2.45, 2.75) is 13.0 Å². The van der Waals surface area contributed by atoms with Crippen LogP contribution in [0, 0.1) is 0 Å². The average Bonchev–Trinajstić information content (AvgIpc) is 3.21. The van der Waals surface area contributed by atoms with Gasteiger partial charge in [-0.25, -0.2) is 4.99 Å². The highest BCUT2D eigenvalue weighted by Crippen LogP contribution is 2.34. The van der Waals surface area contributed by atoms with Crippen molar-refractivity contribution in [3.63, 3.8) is 0 Å². The second-order valence-corrected chi connectivity index (χ2v) is 11.2. The Morgan fingerprint density at radius 3 is 2.39 bits per heavy atom. The van der Waals surface area contributed by atoms with Crippen LogP contribution < -0.4 is 24.9 Å². The molecule has 0 unspecified atom stereocenters. The summed E-state index contributed by atoms with van der Waals surface area (Å²) < 4.78 is 8.32. The second-order valence-electron chi connectivity index (χ2n) is 8.51. The Morgan fingerprint density at radius 1 is 1.11 bits per heavy atom. The van der Waals surface area contributed by atoms with E-state index in [2.05, 4.69) is 42.2 Å². The average molecular weight is 655 g/mol. The lowest BCUT2D eigenvalue weighted by Crippen LogP contribution is -2.40. The third-order valence-electron chi connectivity index (χ3n) is 6.07. The van der Waals surface area contributed by atoms with E-state index in [-0.39, 0.29) is 17.2 Å². The number of aromatic nitrogens is 1. The van der Waals surface area contributed by atoms with Gasteiger partial charge in [0.2, 0.25) is 0 Å². The standard InChI is InChI=1S/C28H21Br2N3O4S/c1-15-23(26(35)32-18-6-4-3-5-7-18)24(17-8-10-19(37-2)11-9-17)33-27(36)22(38-28(33)31-15)14-16-12-20(29)25(34)21(30)13-16/h3-14,24,34H,1-2H3,(H,32,35)/b22-14+/t24-/m1/s1. The van der Waals surface area contributed by atoms with E-state index in [1.54, 1.807) is 61.1 Å². The first kappa shape index (κ1) is 26.1. The minimum absolute atomic E-state index is 0.0767. The van der Waals surface area contributed by atoms with Crippen molar-refractivity contribution in [1.29, 1.82) is 0 Å². The number of allylic oxidation sites excluding steroid dienone is 1. The predicted molar refractivity (Wildman–Crippen MR) is 155 cm³/mol. The molecule has 1 aromatic heterocycles. The number of benzene rings is 3. The fourth-order valence-electron chi connectivity index (χ4n) is 4.25. The largest absolute Gasteiger partial charge is 0.506 e. The SMILES string of the molecule is COc1ccc([C@@H]2C(C(=O)Nc3ccccc3)=C(C)N=c3s/c(=C/c4cc(Br)c(O)c(Br)c4)c(=O)n32)cc1. The van der Waals surface area contributed by atoms with E-state index in [1.165, 1.54) is 11.3 Å². The zero-order valence-corrected chi connectivity index (χ0v) is 24.2. The van der Waals surface area contributed by atoms with Crippen LogP contribution in [-0.2, 0) is 4.79 Å². The second kappa shape index (κ2) is 10.7. The zero-order chi connectivity index (χ0) is 27.0.